The zero-order valence-corrected chi connectivity index (χ0v) is 13.2. The van der Waals surface area contributed by atoms with Gasteiger partial charge < -0.3 is 5.73 Å². The second kappa shape index (κ2) is 7.59. The lowest BCUT2D eigenvalue weighted by Gasteiger charge is -2.27. The fourth-order valence-electron chi connectivity index (χ4n) is 2.40. The third-order valence-corrected chi connectivity index (χ3v) is 4.38. The lowest BCUT2D eigenvalue weighted by molar-refractivity contribution is 0.238. The van der Waals surface area contributed by atoms with Gasteiger partial charge in [0, 0.05) is 29.6 Å². The molecule has 0 aliphatic rings. The molecule has 1 unspecified atom stereocenters. The van der Waals surface area contributed by atoms with E-state index in [0.717, 1.165) is 5.56 Å². The maximum atomic E-state index is 13.8. The molecule has 0 spiro atoms. The maximum absolute atomic E-state index is 13.8. The van der Waals surface area contributed by atoms with Gasteiger partial charge in [-0.05, 0) is 37.1 Å². The van der Waals surface area contributed by atoms with Crippen molar-refractivity contribution in [1.29, 1.82) is 0 Å². The summed E-state index contributed by atoms with van der Waals surface area (Å²) in [5, 5.41) is 0. The van der Waals surface area contributed by atoms with Gasteiger partial charge in [0.25, 0.3) is 0 Å². The Morgan fingerprint density at radius 2 is 1.81 bits per heavy atom. The Morgan fingerprint density at radius 1 is 1.14 bits per heavy atom. The Labute approximate surface area is 130 Å². The third-order valence-electron chi connectivity index (χ3n) is 3.63. The number of nitrogens with two attached hydrogens (primary N) is 1. The lowest BCUT2D eigenvalue weighted by Crippen LogP contribution is -2.30. The molecule has 2 rings (SSSR count). The summed E-state index contributed by atoms with van der Waals surface area (Å²) < 4.78 is 13.8. The Hall–Kier alpha value is -1.36. The smallest absolute Gasteiger partial charge is 0.127 e. The van der Waals surface area contributed by atoms with Gasteiger partial charge in [0.15, 0.2) is 0 Å². The van der Waals surface area contributed by atoms with E-state index in [1.165, 1.54) is 11.0 Å². The average molecular weight is 304 g/mol. The predicted molar refractivity (Wildman–Crippen MR) is 87.9 cm³/mol. The minimum Gasteiger partial charge on any atom is -0.329 e. The molecule has 0 aliphatic carbocycles. The van der Waals surface area contributed by atoms with Crippen LogP contribution in [0.4, 0.5) is 4.39 Å². The molecule has 0 saturated carbocycles. The zero-order chi connectivity index (χ0) is 15.2. The van der Waals surface area contributed by atoms with E-state index in [9.17, 15) is 4.39 Å². The number of thioether (sulfide) groups is 1. The van der Waals surface area contributed by atoms with E-state index in [2.05, 4.69) is 35.4 Å². The minimum absolute atomic E-state index is 0.0838. The van der Waals surface area contributed by atoms with Crippen LogP contribution in [0.1, 0.15) is 17.2 Å². The molecule has 0 aromatic heterocycles. The average Bonchev–Trinajstić information content (AvgIpc) is 2.51. The molecule has 2 nitrogen and oxygen atoms in total. The highest BCUT2D eigenvalue weighted by atomic mass is 32.2. The summed E-state index contributed by atoms with van der Waals surface area (Å²) in [6.45, 7) is 1.04. The summed E-state index contributed by atoms with van der Waals surface area (Å²) in [5.41, 5.74) is 7.78. The largest absolute Gasteiger partial charge is 0.329 e. The van der Waals surface area contributed by atoms with Crippen molar-refractivity contribution in [3.63, 3.8) is 0 Å². The van der Waals surface area contributed by atoms with Crippen LogP contribution in [0.3, 0.4) is 0 Å². The molecule has 112 valence electrons. The van der Waals surface area contributed by atoms with Crippen molar-refractivity contribution in [1.82, 2.24) is 4.90 Å². The number of nitrogens with zero attached hydrogens (tertiary/aromatic N) is 1. The molecule has 2 N–H and O–H groups in total. The fraction of sp³-hybridized carbons (Fsp3) is 0.294. The van der Waals surface area contributed by atoms with Crippen molar-refractivity contribution in [3.8, 4) is 0 Å². The number of benzene rings is 2. The van der Waals surface area contributed by atoms with Gasteiger partial charge in [0.1, 0.15) is 5.82 Å². The van der Waals surface area contributed by atoms with Crippen molar-refractivity contribution < 1.29 is 4.39 Å². The van der Waals surface area contributed by atoms with Crippen LogP contribution in [-0.4, -0.2) is 24.7 Å². The van der Waals surface area contributed by atoms with E-state index < -0.39 is 0 Å². The van der Waals surface area contributed by atoms with E-state index >= 15 is 0 Å². The van der Waals surface area contributed by atoms with Gasteiger partial charge in [0.2, 0.25) is 0 Å². The standard InChI is InChI=1S/C17H21FN2S/c1-20(12-14-5-3-4-6-16(14)18)17(11-19)13-7-9-15(21-2)10-8-13/h3-10,17H,11-12,19H2,1-2H3. The number of hydrogen-bond donors (Lipinski definition) is 1. The monoisotopic (exact) mass is 304 g/mol. The first-order valence-electron chi connectivity index (χ1n) is 6.93. The zero-order valence-electron chi connectivity index (χ0n) is 12.4. The number of hydrogen-bond acceptors (Lipinski definition) is 3. The summed E-state index contributed by atoms with van der Waals surface area (Å²) in [6, 6.07) is 15.4. The number of likely N-dealkylation sites (N-methyl/N-ethyl adjacent to an activating group) is 1. The summed E-state index contributed by atoms with van der Waals surface area (Å²) in [4.78, 5) is 3.32. The van der Waals surface area contributed by atoms with Gasteiger partial charge in [0.05, 0.1) is 0 Å². The Bertz CT molecular complexity index is 571. The third kappa shape index (κ3) is 4.06. The predicted octanol–water partition coefficient (Wildman–Crippen LogP) is 3.68. The maximum Gasteiger partial charge on any atom is 0.127 e. The van der Waals surface area contributed by atoms with Gasteiger partial charge in [-0.1, -0.05) is 30.3 Å². The molecular weight excluding hydrogens is 283 g/mol. The summed E-state index contributed by atoms with van der Waals surface area (Å²) in [5.74, 6) is -0.169. The molecular formula is C17H21FN2S. The van der Waals surface area contributed by atoms with Crippen LogP contribution >= 0.6 is 11.8 Å². The molecule has 0 amide bonds. The van der Waals surface area contributed by atoms with Crippen molar-refractivity contribution in [3.05, 3.63) is 65.5 Å². The van der Waals surface area contributed by atoms with Gasteiger partial charge in [-0.2, -0.15) is 0 Å². The number of rotatable bonds is 6. The summed E-state index contributed by atoms with van der Waals surface area (Å²) in [7, 11) is 1.98. The molecule has 1 atom stereocenters. The van der Waals surface area contributed by atoms with Gasteiger partial charge in [-0.15, -0.1) is 11.8 Å². The Kier molecular flexibility index (Phi) is 5.79. The van der Waals surface area contributed by atoms with Crippen molar-refractivity contribution in [2.45, 2.75) is 17.5 Å². The molecule has 0 saturated heterocycles. The topological polar surface area (TPSA) is 29.3 Å². The van der Waals surface area contributed by atoms with Gasteiger partial charge in [-0.3, -0.25) is 4.90 Å². The van der Waals surface area contributed by atoms with Crippen molar-refractivity contribution in [2.75, 3.05) is 19.8 Å². The van der Waals surface area contributed by atoms with Crippen LogP contribution < -0.4 is 5.73 Å². The highest BCUT2D eigenvalue weighted by Crippen LogP contribution is 2.23. The van der Waals surface area contributed by atoms with E-state index in [0.29, 0.717) is 18.7 Å². The Morgan fingerprint density at radius 3 is 2.38 bits per heavy atom. The lowest BCUT2D eigenvalue weighted by atomic mass is 10.0. The second-order valence-corrected chi connectivity index (χ2v) is 5.91. The molecule has 0 heterocycles. The van der Waals surface area contributed by atoms with Crippen LogP contribution in [0.25, 0.3) is 0 Å². The highest BCUT2D eigenvalue weighted by molar-refractivity contribution is 7.98. The Balaban J connectivity index is 2.14. The molecule has 0 fully saturated rings. The summed E-state index contributed by atoms with van der Waals surface area (Å²) >= 11 is 1.72. The van der Waals surface area contributed by atoms with Gasteiger partial charge >= 0.3 is 0 Å². The molecule has 0 aliphatic heterocycles. The van der Waals surface area contributed by atoms with E-state index in [4.69, 9.17) is 5.73 Å². The molecule has 21 heavy (non-hydrogen) atoms. The summed E-state index contributed by atoms with van der Waals surface area (Å²) in [6.07, 6.45) is 2.06. The highest BCUT2D eigenvalue weighted by Gasteiger charge is 2.16. The molecule has 0 radical (unpaired) electrons. The van der Waals surface area contributed by atoms with Crippen molar-refractivity contribution >= 4 is 11.8 Å². The van der Waals surface area contributed by atoms with E-state index in [-0.39, 0.29) is 11.9 Å². The molecule has 2 aromatic carbocycles. The van der Waals surface area contributed by atoms with E-state index in [1.807, 2.05) is 19.2 Å². The van der Waals surface area contributed by atoms with Crippen LogP contribution in [0.5, 0.6) is 0 Å². The van der Waals surface area contributed by atoms with Crippen LogP contribution in [0, 0.1) is 5.82 Å². The number of halogens is 1. The molecule has 0 bridgehead atoms. The fourth-order valence-corrected chi connectivity index (χ4v) is 2.81. The molecule has 4 heteroatoms. The van der Waals surface area contributed by atoms with Crippen LogP contribution in [-0.2, 0) is 6.54 Å². The van der Waals surface area contributed by atoms with Crippen LogP contribution in [0.15, 0.2) is 53.4 Å². The molecule has 2 aromatic rings. The van der Waals surface area contributed by atoms with E-state index in [1.54, 1.807) is 17.8 Å². The SMILES string of the molecule is CSc1ccc(C(CN)N(C)Cc2ccccc2F)cc1. The minimum atomic E-state index is -0.169. The van der Waals surface area contributed by atoms with Crippen molar-refractivity contribution in [2.24, 2.45) is 5.73 Å². The second-order valence-electron chi connectivity index (χ2n) is 5.03. The first-order chi connectivity index (χ1) is 10.2. The normalized spacial score (nSPS) is 12.6. The first kappa shape index (κ1) is 16.0. The quantitative estimate of drug-likeness (QED) is 0.826. The van der Waals surface area contributed by atoms with Gasteiger partial charge in [-0.25, -0.2) is 4.39 Å². The first-order valence-corrected chi connectivity index (χ1v) is 8.16. The van der Waals surface area contributed by atoms with Crippen LogP contribution in [0.2, 0.25) is 0 Å².